The Hall–Kier alpha value is -2.21. The van der Waals surface area contributed by atoms with Crippen molar-refractivity contribution in [1.29, 1.82) is 0 Å². The fraction of sp³-hybridized carbons (Fsp3) is 0.278. The lowest BCUT2D eigenvalue weighted by atomic mass is 10.1. The Kier molecular flexibility index (Phi) is 6.49. The van der Waals surface area contributed by atoms with Gasteiger partial charge in [-0.1, -0.05) is 26.0 Å². The Morgan fingerprint density at radius 1 is 1.21 bits per heavy atom. The van der Waals surface area contributed by atoms with Gasteiger partial charge in [-0.25, -0.2) is 0 Å². The monoisotopic (exact) mass is 389 g/mol. The molecule has 2 aromatic rings. The number of nitrogens with one attached hydrogen (secondary N) is 2. The normalized spacial score (nSPS) is 10.5. The molecule has 5 nitrogen and oxygen atoms in total. The molecule has 2 N–H and O–H groups in total. The highest BCUT2D eigenvalue weighted by Gasteiger charge is 2.08. The first-order chi connectivity index (χ1) is 11.4. The number of nitrogens with zero attached hydrogens (tertiary/aromatic N) is 1. The largest absolute Gasteiger partial charge is 0.348 e. The molecule has 0 spiro atoms. The molecule has 0 atom stereocenters. The van der Waals surface area contributed by atoms with Gasteiger partial charge in [0.05, 0.1) is 5.56 Å². The van der Waals surface area contributed by atoms with Crippen molar-refractivity contribution in [2.24, 2.45) is 5.92 Å². The number of amides is 2. The van der Waals surface area contributed by atoms with Crippen LogP contribution in [0.2, 0.25) is 0 Å². The molecule has 1 heterocycles. The summed E-state index contributed by atoms with van der Waals surface area (Å²) in [5.41, 5.74) is 2.14. The Morgan fingerprint density at radius 3 is 2.71 bits per heavy atom. The number of pyridine rings is 1. The van der Waals surface area contributed by atoms with Crippen molar-refractivity contribution in [3.63, 3.8) is 0 Å². The smallest absolute Gasteiger partial charge is 0.253 e. The molecule has 126 valence electrons. The number of aromatic nitrogens is 1. The second-order valence-electron chi connectivity index (χ2n) is 5.92. The van der Waals surface area contributed by atoms with E-state index in [9.17, 15) is 9.59 Å². The molecule has 0 bridgehead atoms. The van der Waals surface area contributed by atoms with E-state index in [2.05, 4.69) is 31.5 Å². The summed E-state index contributed by atoms with van der Waals surface area (Å²) in [7, 11) is 0. The van der Waals surface area contributed by atoms with Crippen molar-refractivity contribution in [3.8, 4) is 0 Å². The first-order valence-corrected chi connectivity index (χ1v) is 8.51. The second-order valence-corrected chi connectivity index (χ2v) is 6.84. The highest BCUT2D eigenvalue weighted by Crippen LogP contribution is 2.13. The summed E-state index contributed by atoms with van der Waals surface area (Å²) in [5.74, 6) is 0.107. The number of rotatable bonds is 6. The molecule has 1 aromatic heterocycles. The average molecular weight is 390 g/mol. The predicted octanol–water partition coefficient (Wildman–Crippen LogP) is 3.76. The van der Waals surface area contributed by atoms with Crippen LogP contribution in [0.15, 0.2) is 47.2 Å². The van der Waals surface area contributed by atoms with Gasteiger partial charge in [0.15, 0.2) is 0 Å². The van der Waals surface area contributed by atoms with E-state index in [4.69, 9.17) is 0 Å². The number of anilines is 1. The van der Waals surface area contributed by atoms with Crippen molar-refractivity contribution in [2.75, 3.05) is 5.32 Å². The van der Waals surface area contributed by atoms with E-state index < -0.39 is 0 Å². The molecule has 0 saturated heterocycles. The number of carbonyl (C=O) groups excluding carboxylic acids is 2. The molecule has 24 heavy (non-hydrogen) atoms. The van der Waals surface area contributed by atoms with Crippen LogP contribution < -0.4 is 10.6 Å². The number of carbonyl (C=O) groups is 2. The van der Waals surface area contributed by atoms with Crippen molar-refractivity contribution in [2.45, 2.75) is 26.8 Å². The molecule has 2 rings (SSSR count). The van der Waals surface area contributed by atoms with E-state index in [-0.39, 0.29) is 11.8 Å². The van der Waals surface area contributed by atoms with Crippen LogP contribution in [0.3, 0.4) is 0 Å². The lowest BCUT2D eigenvalue weighted by Crippen LogP contribution is -2.23. The van der Waals surface area contributed by atoms with Gasteiger partial charge in [-0.05, 0) is 45.6 Å². The van der Waals surface area contributed by atoms with Crippen LogP contribution in [0, 0.1) is 5.92 Å². The standard InChI is InChI=1S/C18H20BrN3O2/c1-12(2)6-17(23)22-16-5-3-4-13(7-16)9-21-18(24)14-8-15(19)11-20-10-14/h3-5,7-8,10-12H,6,9H2,1-2H3,(H,21,24)(H,22,23). The van der Waals surface area contributed by atoms with Crippen LogP contribution in [-0.4, -0.2) is 16.8 Å². The van der Waals surface area contributed by atoms with Gasteiger partial charge in [0.2, 0.25) is 5.91 Å². The van der Waals surface area contributed by atoms with Crippen LogP contribution >= 0.6 is 15.9 Å². The van der Waals surface area contributed by atoms with Crippen LogP contribution in [0.4, 0.5) is 5.69 Å². The zero-order chi connectivity index (χ0) is 17.5. The second kappa shape index (κ2) is 8.59. The Labute approximate surface area is 150 Å². The van der Waals surface area contributed by atoms with Crippen LogP contribution in [0.25, 0.3) is 0 Å². The van der Waals surface area contributed by atoms with Gasteiger partial charge in [0.25, 0.3) is 5.91 Å². The summed E-state index contributed by atoms with van der Waals surface area (Å²) < 4.78 is 0.755. The van der Waals surface area contributed by atoms with Gasteiger partial charge in [0, 0.05) is 35.5 Å². The first-order valence-electron chi connectivity index (χ1n) is 7.71. The molecular weight excluding hydrogens is 370 g/mol. The molecule has 6 heteroatoms. The van der Waals surface area contributed by atoms with E-state index in [1.807, 2.05) is 38.1 Å². The van der Waals surface area contributed by atoms with E-state index in [1.54, 1.807) is 12.3 Å². The quantitative estimate of drug-likeness (QED) is 0.789. The maximum atomic E-state index is 12.1. The summed E-state index contributed by atoms with van der Waals surface area (Å²) in [6, 6.07) is 9.16. The molecule has 0 aliphatic rings. The lowest BCUT2D eigenvalue weighted by Gasteiger charge is -2.10. The SMILES string of the molecule is CC(C)CC(=O)Nc1cccc(CNC(=O)c2cncc(Br)c2)c1. The Balaban J connectivity index is 1.94. The Morgan fingerprint density at radius 2 is 2.00 bits per heavy atom. The van der Waals surface area contributed by atoms with E-state index >= 15 is 0 Å². The predicted molar refractivity (Wildman–Crippen MR) is 97.6 cm³/mol. The zero-order valence-electron chi connectivity index (χ0n) is 13.7. The third-order valence-electron chi connectivity index (χ3n) is 3.22. The van der Waals surface area contributed by atoms with Gasteiger partial charge in [-0.3, -0.25) is 14.6 Å². The van der Waals surface area contributed by atoms with Crippen LogP contribution in [0.1, 0.15) is 36.2 Å². The van der Waals surface area contributed by atoms with E-state index in [0.717, 1.165) is 15.7 Å². The molecular formula is C18H20BrN3O2. The minimum Gasteiger partial charge on any atom is -0.348 e. The van der Waals surface area contributed by atoms with Gasteiger partial charge < -0.3 is 10.6 Å². The molecule has 1 aromatic carbocycles. The third-order valence-corrected chi connectivity index (χ3v) is 3.66. The maximum absolute atomic E-state index is 12.1. The molecule has 0 fully saturated rings. The van der Waals surface area contributed by atoms with E-state index in [1.165, 1.54) is 6.20 Å². The topological polar surface area (TPSA) is 71.1 Å². The molecule has 0 saturated carbocycles. The Bertz CT molecular complexity index is 732. The lowest BCUT2D eigenvalue weighted by molar-refractivity contribution is -0.116. The summed E-state index contributed by atoms with van der Waals surface area (Å²) in [6.45, 7) is 4.38. The fourth-order valence-corrected chi connectivity index (χ4v) is 2.53. The highest BCUT2D eigenvalue weighted by atomic mass is 79.9. The number of hydrogen-bond acceptors (Lipinski definition) is 3. The van der Waals surface area contributed by atoms with Gasteiger partial charge in [0.1, 0.15) is 0 Å². The molecule has 0 unspecified atom stereocenters. The third kappa shape index (κ3) is 5.77. The zero-order valence-corrected chi connectivity index (χ0v) is 15.3. The first kappa shape index (κ1) is 18.1. The van der Waals surface area contributed by atoms with E-state index in [0.29, 0.717) is 24.4 Å². The molecule has 0 radical (unpaired) electrons. The number of halogens is 1. The highest BCUT2D eigenvalue weighted by molar-refractivity contribution is 9.10. The summed E-state index contributed by atoms with van der Waals surface area (Å²) >= 11 is 3.29. The fourth-order valence-electron chi connectivity index (χ4n) is 2.16. The van der Waals surface area contributed by atoms with Crippen LogP contribution in [0.5, 0.6) is 0 Å². The summed E-state index contributed by atoms with van der Waals surface area (Å²) in [5, 5.41) is 5.72. The number of hydrogen-bond donors (Lipinski definition) is 2. The molecule has 0 aliphatic carbocycles. The van der Waals surface area contributed by atoms with Crippen molar-refractivity contribution in [3.05, 3.63) is 58.3 Å². The van der Waals surface area contributed by atoms with Gasteiger partial charge >= 0.3 is 0 Å². The minimum absolute atomic E-state index is 0.00797. The maximum Gasteiger partial charge on any atom is 0.253 e. The molecule has 2 amide bonds. The van der Waals surface area contributed by atoms with Crippen molar-refractivity contribution < 1.29 is 9.59 Å². The van der Waals surface area contributed by atoms with Gasteiger partial charge in [-0.2, -0.15) is 0 Å². The van der Waals surface area contributed by atoms with Gasteiger partial charge in [-0.15, -0.1) is 0 Å². The van der Waals surface area contributed by atoms with Crippen molar-refractivity contribution in [1.82, 2.24) is 10.3 Å². The average Bonchev–Trinajstić information content (AvgIpc) is 2.52. The number of benzene rings is 1. The van der Waals surface area contributed by atoms with Crippen LogP contribution in [-0.2, 0) is 11.3 Å². The summed E-state index contributed by atoms with van der Waals surface area (Å²) in [4.78, 5) is 27.9. The molecule has 0 aliphatic heterocycles. The minimum atomic E-state index is -0.196. The van der Waals surface area contributed by atoms with Crippen molar-refractivity contribution >= 4 is 33.4 Å². The summed E-state index contributed by atoms with van der Waals surface area (Å²) in [6.07, 6.45) is 3.62.